The zero-order chi connectivity index (χ0) is 51.7. The third-order valence-electron chi connectivity index (χ3n) is 13.6. The molecule has 6 aromatic carbocycles. The van der Waals surface area contributed by atoms with Gasteiger partial charge in [0.05, 0.1) is 22.3 Å². The second-order valence-electron chi connectivity index (χ2n) is 22.9. The summed E-state index contributed by atoms with van der Waals surface area (Å²) in [6.45, 7) is 30.3. The largest absolute Gasteiger partial charge is 0.507 e. The van der Waals surface area contributed by atoms with E-state index in [-0.39, 0.29) is 60.5 Å². The Morgan fingerprint density at radius 2 is 1.16 bits per heavy atom. The standard InChI is InChI=1S/C64H72N3O.Pt/c1-38(2)42-20-22-43(23-21-42)45-26-27-65-56(36-45)49-29-48(32-50(33-49)62(8,9)10)53-18-17-19-58-59(53)66-61(55-35-46(39(3)4)34-54(40(5)6)60(55)68)67(58)57-25-24-44(28-41(57)7)47-30-51(63(11,12)13)37-52(31-47)64(14,15)16;/h17-28,30-40,68H,1-16H3;/q-1;/i7D3;. The van der Waals surface area contributed by atoms with E-state index in [1.807, 2.05) is 47.2 Å². The molecule has 0 unspecified atom stereocenters. The Morgan fingerprint density at radius 1 is 0.565 bits per heavy atom. The van der Waals surface area contributed by atoms with Gasteiger partial charge in [-0.1, -0.05) is 188 Å². The Balaban J connectivity index is 0.00000760. The average Bonchev–Trinajstić information content (AvgIpc) is 3.69. The molecule has 1 N–H and O–H groups in total. The number of para-hydroxylation sites is 1. The van der Waals surface area contributed by atoms with E-state index in [4.69, 9.17) is 14.1 Å². The average molecular weight is 1100 g/mol. The number of phenols is 1. The number of aromatic nitrogens is 3. The van der Waals surface area contributed by atoms with Crippen molar-refractivity contribution in [1.82, 2.24) is 14.5 Å². The predicted octanol–water partition coefficient (Wildman–Crippen LogP) is 17.8. The van der Waals surface area contributed by atoms with Crippen LogP contribution in [0.5, 0.6) is 5.75 Å². The van der Waals surface area contributed by atoms with Gasteiger partial charge in [-0.25, -0.2) is 4.98 Å². The number of phenolic OH excluding ortho intramolecular Hbond substituents is 1. The van der Waals surface area contributed by atoms with Crippen LogP contribution in [0, 0.1) is 12.9 Å². The van der Waals surface area contributed by atoms with Crippen LogP contribution in [-0.2, 0) is 37.3 Å². The summed E-state index contributed by atoms with van der Waals surface area (Å²) in [4.78, 5) is 10.4. The minimum absolute atomic E-state index is 0. The minimum Gasteiger partial charge on any atom is -0.507 e. The van der Waals surface area contributed by atoms with Crippen molar-refractivity contribution >= 4 is 11.0 Å². The fourth-order valence-electron chi connectivity index (χ4n) is 9.04. The Kier molecular flexibility index (Phi) is 13.2. The summed E-state index contributed by atoms with van der Waals surface area (Å²) >= 11 is 0. The van der Waals surface area contributed by atoms with Crippen LogP contribution >= 0.6 is 0 Å². The van der Waals surface area contributed by atoms with E-state index in [0.717, 1.165) is 61.3 Å². The fourth-order valence-corrected chi connectivity index (χ4v) is 9.04. The summed E-state index contributed by atoms with van der Waals surface area (Å²) in [5.74, 6) is 1.20. The van der Waals surface area contributed by atoms with Gasteiger partial charge in [0, 0.05) is 37.1 Å². The van der Waals surface area contributed by atoms with Crippen LogP contribution in [0.3, 0.4) is 0 Å². The summed E-state index contributed by atoms with van der Waals surface area (Å²) < 4.78 is 29.5. The van der Waals surface area contributed by atoms with Gasteiger partial charge in [-0.05, 0) is 127 Å². The van der Waals surface area contributed by atoms with Crippen LogP contribution in [-0.4, -0.2) is 19.6 Å². The first-order valence-electron chi connectivity index (χ1n) is 25.9. The number of aryl methyl sites for hydroxylation is 1. The number of aromatic hydroxyl groups is 1. The van der Waals surface area contributed by atoms with Gasteiger partial charge in [0.15, 0.2) is 0 Å². The van der Waals surface area contributed by atoms with E-state index in [2.05, 4.69) is 189 Å². The molecule has 360 valence electrons. The summed E-state index contributed by atoms with van der Waals surface area (Å²) in [7, 11) is 0. The molecule has 2 heterocycles. The smallest absolute Gasteiger partial charge is 0.148 e. The topological polar surface area (TPSA) is 50.9 Å². The molecule has 0 aliphatic carbocycles. The number of hydrogen-bond acceptors (Lipinski definition) is 3. The van der Waals surface area contributed by atoms with Crippen molar-refractivity contribution < 1.29 is 30.3 Å². The number of rotatable bonds is 9. The van der Waals surface area contributed by atoms with Crippen LogP contribution in [0.4, 0.5) is 0 Å². The third-order valence-corrected chi connectivity index (χ3v) is 13.6. The number of benzene rings is 6. The Labute approximate surface area is 432 Å². The van der Waals surface area contributed by atoms with Crippen LogP contribution in [0.15, 0.2) is 121 Å². The van der Waals surface area contributed by atoms with Gasteiger partial charge in [0.1, 0.15) is 11.6 Å². The second kappa shape index (κ2) is 19.3. The van der Waals surface area contributed by atoms with Crippen molar-refractivity contribution in [1.29, 1.82) is 0 Å². The first-order chi connectivity index (χ1) is 33.1. The fraction of sp³-hybridized carbons (Fsp3) is 0.344. The van der Waals surface area contributed by atoms with Crippen molar-refractivity contribution in [2.24, 2.45) is 0 Å². The van der Waals surface area contributed by atoms with E-state index in [1.54, 1.807) is 0 Å². The van der Waals surface area contributed by atoms with Gasteiger partial charge >= 0.3 is 0 Å². The molecule has 0 fully saturated rings. The molecule has 5 heteroatoms. The molecule has 0 aliphatic rings. The monoisotopic (exact) mass is 1100 g/mol. The molecule has 8 aromatic rings. The predicted molar refractivity (Wildman–Crippen MR) is 290 cm³/mol. The third kappa shape index (κ3) is 10.5. The normalized spacial score (nSPS) is 13.2. The van der Waals surface area contributed by atoms with Crippen LogP contribution < -0.4 is 0 Å². The molecular formula is C64H72N3OPt-. The number of pyridine rings is 1. The molecule has 0 saturated carbocycles. The van der Waals surface area contributed by atoms with Gasteiger partial charge in [-0.3, -0.25) is 9.55 Å². The van der Waals surface area contributed by atoms with Gasteiger partial charge in [0.2, 0.25) is 0 Å². The van der Waals surface area contributed by atoms with E-state index < -0.39 is 6.85 Å². The molecular weight excluding hydrogens is 1020 g/mol. The molecule has 0 amide bonds. The number of imidazole rings is 1. The zero-order valence-electron chi connectivity index (χ0n) is 46.4. The van der Waals surface area contributed by atoms with E-state index in [9.17, 15) is 5.11 Å². The summed E-state index contributed by atoms with van der Waals surface area (Å²) in [5, 5.41) is 12.4. The van der Waals surface area contributed by atoms with Crippen LogP contribution in [0.2, 0.25) is 0 Å². The maximum absolute atomic E-state index is 12.4. The van der Waals surface area contributed by atoms with E-state index >= 15 is 0 Å². The van der Waals surface area contributed by atoms with Crippen molar-refractivity contribution in [3.63, 3.8) is 0 Å². The SMILES string of the molecule is [2H]C([2H])([2H])c1cc(-c2cc(C(C)(C)C)cc(C(C)(C)C)c2)ccc1-n1c(-c2cc(C(C)C)cc(C(C)C)c2O)nc2c(-c3[c-]c(-c4cc(-c5ccc(C(C)C)cc5)ccn4)cc(C(C)(C)C)c3)cccc21.[Pt]. The second-order valence-corrected chi connectivity index (χ2v) is 22.9. The molecule has 0 bridgehead atoms. The molecule has 69 heavy (non-hydrogen) atoms. The Hall–Kier alpha value is -5.57. The quantitative estimate of drug-likeness (QED) is 0.147. The summed E-state index contributed by atoms with van der Waals surface area (Å²) in [6, 6.07) is 43.8. The van der Waals surface area contributed by atoms with E-state index in [1.165, 1.54) is 16.7 Å². The first-order valence-corrected chi connectivity index (χ1v) is 24.4. The molecule has 0 saturated heterocycles. The first kappa shape index (κ1) is 47.1. The minimum atomic E-state index is -2.52. The zero-order valence-corrected chi connectivity index (χ0v) is 45.7. The Morgan fingerprint density at radius 3 is 1.75 bits per heavy atom. The van der Waals surface area contributed by atoms with Gasteiger partial charge in [0.25, 0.3) is 0 Å². The summed E-state index contributed by atoms with van der Waals surface area (Å²) in [6.07, 6.45) is 1.87. The van der Waals surface area contributed by atoms with E-state index in [0.29, 0.717) is 34.0 Å². The van der Waals surface area contributed by atoms with Crippen molar-refractivity contribution in [3.05, 3.63) is 166 Å². The van der Waals surface area contributed by atoms with Crippen LogP contribution in [0.25, 0.3) is 72.7 Å². The van der Waals surface area contributed by atoms with Gasteiger partial charge in [-0.15, -0.1) is 29.3 Å². The summed E-state index contributed by atoms with van der Waals surface area (Å²) in [5.41, 5.74) is 16.1. The molecule has 0 spiro atoms. The van der Waals surface area contributed by atoms with Crippen molar-refractivity contribution in [2.45, 2.75) is 145 Å². The number of fused-ring (bicyclic) bond motifs is 1. The maximum Gasteiger partial charge on any atom is 0.148 e. The van der Waals surface area contributed by atoms with Crippen LogP contribution in [0.1, 0.15) is 165 Å². The Bertz CT molecular complexity index is 3250. The molecule has 4 nitrogen and oxygen atoms in total. The molecule has 2 aromatic heterocycles. The molecule has 0 atom stereocenters. The number of hydrogen-bond donors (Lipinski definition) is 1. The number of nitrogens with zero attached hydrogens (tertiary/aromatic N) is 3. The molecule has 0 aliphatic heterocycles. The maximum atomic E-state index is 12.4. The molecule has 0 radical (unpaired) electrons. The van der Waals surface area contributed by atoms with Gasteiger partial charge < -0.3 is 5.11 Å². The molecule has 8 rings (SSSR count). The van der Waals surface area contributed by atoms with Crippen molar-refractivity contribution in [2.75, 3.05) is 0 Å². The van der Waals surface area contributed by atoms with Gasteiger partial charge in [-0.2, -0.15) is 0 Å². The van der Waals surface area contributed by atoms with Crippen molar-refractivity contribution in [3.8, 4) is 67.5 Å².